The number of pyridine rings is 1. The molecule has 0 aliphatic rings. The molecule has 0 saturated heterocycles. The fraction of sp³-hybridized carbons (Fsp3) is 0.143. The first kappa shape index (κ1) is 18.5. The molecule has 23 heavy (non-hydrogen) atoms. The molecule has 0 unspecified atom stereocenters. The van der Waals surface area contributed by atoms with E-state index in [4.69, 9.17) is 4.74 Å². The Morgan fingerprint density at radius 3 is 1.91 bits per heavy atom. The Morgan fingerprint density at radius 1 is 1.00 bits per heavy atom. The summed E-state index contributed by atoms with van der Waals surface area (Å²) in [6.45, 7) is 0. The van der Waals surface area contributed by atoms with Crippen LogP contribution in [0.4, 0.5) is 27.7 Å². The number of anilines is 1. The summed E-state index contributed by atoms with van der Waals surface area (Å²) >= 11 is 0. The first-order valence-electron chi connectivity index (χ1n) is 6.50. The van der Waals surface area contributed by atoms with Crippen LogP contribution in [0.1, 0.15) is 0 Å². The van der Waals surface area contributed by atoms with Crippen molar-refractivity contribution < 1.29 is 31.4 Å². The Hall–Kier alpha value is -2.58. The number of carbonyl (C=O) groups excluding carboxylic acids is 1. The predicted octanol–water partition coefficient (Wildman–Crippen LogP) is 3.39. The van der Waals surface area contributed by atoms with Crippen molar-refractivity contribution in [2.24, 2.45) is 0 Å². The number of hydrogen-bond donors (Lipinski definition) is 0. The molecule has 0 N–H and O–H groups in total. The third kappa shape index (κ3) is 7.84. The molecule has 0 radical (unpaired) electrons. The highest BCUT2D eigenvalue weighted by molar-refractivity contribution is 6.50. The summed E-state index contributed by atoms with van der Waals surface area (Å²) in [6.07, 6.45) is 2.94. The molecule has 1 aromatic heterocycles. The number of benzene rings is 1. The van der Waals surface area contributed by atoms with E-state index in [1.807, 2.05) is 49.3 Å². The molecule has 0 bridgehead atoms. The fourth-order valence-electron chi connectivity index (χ4n) is 1.48. The van der Waals surface area contributed by atoms with Gasteiger partial charge in [-0.15, -0.1) is 0 Å². The van der Waals surface area contributed by atoms with Crippen LogP contribution in [0, 0.1) is 0 Å². The molecule has 0 saturated carbocycles. The lowest BCUT2D eigenvalue weighted by Crippen LogP contribution is -2.44. The Bertz CT molecular complexity index is 613. The van der Waals surface area contributed by atoms with E-state index in [2.05, 4.69) is 0 Å². The lowest BCUT2D eigenvalue weighted by molar-refractivity contribution is -0.581. The van der Waals surface area contributed by atoms with E-state index in [9.17, 15) is 22.1 Å². The van der Waals surface area contributed by atoms with Gasteiger partial charge in [0.15, 0.2) is 12.4 Å². The van der Waals surface area contributed by atoms with Crippen molar-refractivity contribution in [1.29, 1.82) is 0 Å². The zero-order valence-corrected chi connectivity index (χ0v) is 12.5. The lowest BCUT2D eigenvalue weighted by Gasteiger charge is -2.09. The summed E-state index contributed by atoms with van der Waals surface area (Å²) < 4.78 is 45.6. The van der Waals surface area contributed by atoms with Gasteiger partial charge in [-0.05, 0) is 12.1 Å². The number of ether oxygens (including phenoxy) is 1. The molecule has 0 aliphatic heterocycles. The predicted molar refractivity (Wildman–Crippen MR) is 79.0 cm³/mol. The molecule has 0 spiro atoms. The van der Waals surface area contributed by atoms with Crippen LogP contribution in [0.15, 0.2) is 54.9 Å². The van der Waals surface area contributed by atoms with Gasteiger partial charge in [0.1, 0.15) is 5.75 Å². The highest BCUT2D eigenvalue weighted by Gasteiger charge is 2.20. The minimum Gasteiger partial charge on any atom is -0.418 e. The van der Waals surface area contributed by atoms with Crippen LogP contribution in [-0.4, -0.2) is 27.4 Å². The first-order chi connectivity index (χ1) is 10.7. The average molecular weight is 330 g/mol. The average Bonchev–Trinajstić information content (AvgIpc) is 2.46. The van der Waals surface area contributed by atoms with Crippen molar-refractivity contribution in [1.82, 2.24) is 0 Å². The van der Waals surface area contributed by atoms with E-state index in [1.165, 1.54) is 4.57 Å². The highest BCUT2D eigenvalue weighted by atomic mass is 19.5. The standard InChI is InChI=1S/C14H15N2O2.BF4/c1-15(2)12-8-10-16(11-9-12)14(17)18-13-6-4-3-5-7-13;2-1(3,4)5/h3-11H,1-2H3;/q+1;-1. The molecule has 2 aromatic rings. The summed E-state index contributed by atoms with van der Waals surface area (Å²) in [6, 6.07) is 12.7. The molecule has 1 heterocycles. The van der Waals surface area contributed by atoms with Crippen molar-refractivity contribution >= 4 is 19.0 Å². The maximum Gasteiger partial charge on any atom is 0.673 e. The number of halogens is 4. The topological polar surface area (TPSA) is 33.4 Å². The summed E-state index contributed by atoms with van der Waals surface area (Å²) in [5.41, 5.74) is 1.03. The molecule has 4 nitrogen and oxygen atoms in total. The maximum atomic E-state index is 11.8. The number of rotatable bonds is 2. The first-order valence-corrected chi connectivity index (χ1v) is 6.50. The second-order valence-electron chi connectivity index (χ2n) is 4.53. The second-order valence-corrected chi connectivity index (χ2v) is 4.53. The van der Waals surface area contributed by atoms with Crippen LogP contribution in [0.3, 0.4) is 0 Å². The fourth-order valence-corrected chi connectivity index (χ4v) is 1.48. The van der Waals surface area contributed by atoms with Crippen LogP contribution >= 0.6 is 0 Å². The largest absolute Gasteiger partial charge is 0.673 e. The van der Waals surface area contributed by atoms with Crippen molar-refractivity contribution in [2.75, 3.05) is 19.0 Å². The number of aromatic nitrogens is 1. The van der Waals surface area contributed by atoms with Gasteiger partial charge in [-0.2, -0.15) is 4.79 Å². The van der Waals surface area contributed by atoms with Crippen LogP contribution in [0.25, 0.3) is 0 Å². The molecule has 0 fully saturated rings. The number of para-hydroxylation sites is 1. The summed E-state index contributed by atoms with van der Waals surface area (Å²) in [5.74, 6) is 0.534. The van der Waals surface area contributed by atoms with E-state index in [-0.39, 0.29) is 0 Å². The number of hydrogen-bond acceptors (Lipinski definition) is 3. The van der Waals surface area contributed by atoms with E-state index in [1.54, 1.807) is 24.5 Å². The maximum absolute atomic E-state index is 11.8. The van der Waals surface area contributed by atoms with Gasteiger partial charge in [-0.25, -0.2) is 0 Å². The van der Waals surface area contributed by atoms with E-state index >= 15 is 0 Å². The van der Waals surface area contributed by atoms with Gasteiger partial charge < -0.3 is 26.9 Å². The van der Waals surface area contributed by atoms with Crippen molar-refractivity contribution in [3.63, 3.8) is 0 Å². The van der Waals surface area contributed by atoms with E-state index in [0.29, 0.717) is 5.75 Å². The van der Waals surface area contributed by atoms with Crippen LogP contribution < -0.4 is 14.2 Å². The van der Waals surface area contributed by atoms with E-state index in [0.717, 1.165) is 5.69 Å². The van der Waals surface area contributed by atoms with Crippen LogP contribution in [0.5, 0.6) is 5.75 Å². The third-order valence-electron chi connectivity index (χ3n) is 2.49. The molecule has 2 rings (SSSR count). The molecule has 9 heteroatoms. The minimum atomic E-state index is -6.00. The molecular weight excluding hydrogens is 315 g/mol. The second kappa shape index (κ2) is 8.16. The molecular formula is C14H15BF4N2O2. The monoisotopic (exact) mass is 330 g/mol. The van der Waals surface area contributed by atoms with Crippen molar-refractivity contribution in [2.45, 2.75) is 0 Å². The van der Waals surface area contributed by atoms with E-state index < -0.39 is 13.3 Å². The molecule has 0 aliphatic carbocycles. The Labute approximate surface area is 131 Å². The zero-order chi connectivity index (χ0) is 17.5. The van der Waals surface area contributed by atoms with Gasteiger partial charge in [0.05, 0.1) is 0 Å². The van der Waals surface area contributed by atoms with Crippen molar-refractivity contribution in [3.05, 3.63) is 54.9 Å². The molecule has 124 valence electrons. The number of nitrogens with zero attached hydrogens (tertiary/aromatic N) is 2. The summed E-state index contributed by atoms with van der Waals surface area (Å²) in [5, 5.41) is 0. The van der Waals surface area contributed by atoms with Gasteiger partial charge >= 0.3 is 13.3 Å². The van der Waals surface area contributed by atoms with Crippen LogP contribution in [0.2, 0.25) is 0 Å². The Morgan fingerprint density at radius 2 is 1.48 bits per heavy atom. The van der Waals surface area contributed by atoms with Gasteiger partial charge in [0, 0.05) is 31.9 Å². The third-order valence-corrected chi connectivity index (χ3v) is 2.49. The smallest absolute Gasteiger partial charge is 0.418 e. The van der Waals surface area contributed by atoms with Gasteiger partial charge in [-0.3, -0.25) is 0 Å². The Balaban J connectivity index is 0.000000463. The quantitative estimate of drug-likeness (QED) is 0.481. The highest BCUT2D eigenvalue weighted by Crippen LogP contribution is 2.09. The minimum absolute atomic E-state index is 0.425. The zero-order valence-electron chi connectivity index (χ0n) is 12.5. The summed E-state index contributed by atoms with van der Waals surface area (Å²) in [7, 11) is -2.11. The molecule has 0 atom stereocenters. The van der Waals surface area contributed by atoms with Gasteiger partial charge in [-0.1, -0.05) is 22.8 Å². The van der Waals surface area contributed by atoms with Gasteiger partial charge in [0.25, 0.3) is 0 Å². The van der Waals surface area contributed by atoms with Crippen molar-refractivity contribution in [3.8, 4) is 5.75 Å². The lowest BCUT2D eigenvalue weighted by atomic mass is 10.3. The number of carbonyl (C=O) groups is 1. The normalized spacial score (nSPS) is 10.3. The van der Waals surface area contributed by atoms with Crippen LogP contribution in [-0.2, 0) is 0 Å². The molecule has 0 amide bonds. The SMILES string of the molecule is CN(C)c1cc[n+](C(=O)Oc2ccccc2)cc1.F[B-](F)(F)F. The summed E-state index contributed by atoms with van der Waals surface area (Å²) in [4.78, 5) is 13.8. The Kier molecular flexibility index (Phi) is 6.56. The molecule has 1 aromatic carbocycles. The van der Waals surface area contributed by atoms with Gasteiger partial charge in [0.2, 0.25) is 0 Å².